The highest BCUT2D eigenvalue weighted by Crippen LogP contribution is 2.20. The number of amides is 2. The highest BCUT2D eigenvalue weighted by molar-refractivity contribution is 5.76. The first-order valence-electron chi connectivity index (χ1n) is 7.34. The minimum atomic E-state index is -0.908. The summed E-state index contributed by atoms with van der Waals surface area (Å²) in [6.45, 7) is 3.29. The number of urea groups is 1. The molecule has 3 unspecified atom stereocenters. The van der Waals surface area contributed by atoms with Gasteiger partial charge in [0.25, 0.3) is 0 Å². The molecule has 1 aliphatic carbocycles. The molecular formula is C16H22N2O3. The van der Waals surface area contributed by atoms with Gasteiger partial charge in [-0.15, -0.1) is 0 Å². The van der Waals surface area contributed by atoms with E-state index in [2.05, 4.69) is 22.8 Å². The van der Waals surface area contributed by atoms with Crippen LogP contribution < -0.4 is 10.6 Å². The van der Waals surface area contributed by atoms with Crippen LogP contribution in [0.2, 0.25) is 0 Å². The van der Waals surface area contributed by atoms with Gasteiger partial charge in [0.2, 0.25) is 0 Å². The SMILES string of the molecule is CC(NC(=O)NC1CCc2ccccc2C1)C(C)C(=O)O. The lowest BCUT2D eigenvalue weighted by Crippen LogP contribution is -2.49. The summed E-state index contributed by atoms with van der Waals surface area (Å²) < 4.78 is 0. The first kappa shape index (κ1) is 15.4. The number of aryl methyl sites for hydroxylation is 1. The van der Waals surface area contributed by atoms with Crippen molar-refractivity contribution in [3.8, 4) is 0 Å². The van der Waals surface area contributed by atoms with Crippen LogP contribution in [0.5, 0.6) is 0 Å². The number of rotatable bonds is 4. The molecule has 21 heavy (non-hydrogen) atoms. The number of carbonyl (C=O) groups excluding carboxylic acids is 1. The zero-order chi connectivity index (χ0) is 15.4. The third kappa shape index (κ3) is 3.97. The fourth-order valence-electron chi connectivity index (χ4n) is 2.59. The Balaban J connectivity index is 1.86. The second kappa shape index (κ2) is 6.61. The maximum absolute atomic E-state index is 11.9. The van der Waals surface area contributed by atoms with Gasteiger partial charge in [-0.1, -0.05) is 24.3 Å². The molecule has 0 saturated carbocycles. The van der Waals surface area contributed by atoms with Crippen molar-refractivity contribution in [1.29, 1.82) is 0 Å². The van der Waals surface area contributed by atoms with E-state index in [1.165, 1.54) is 11.1 Å². The molecular weight excluding hydrogens is 268 g/mol. The molecule has 3 N–H and O–H groups in total. The van der Waals surface area contributed by atoms with Crippen LogP contribution in [0.4, 0.5) is 4.79 Å². The number of fused-ring (bicyclic) bond motifs is 1. The van der Waals surface area contributed by atoms with E-state index in [9.17, 15) is 9.59 Å². The normalized spacial score (nSPS) is 20.0. The van der Waals surface area contributed by atoms with Crippen molar-refractivity contribution in [2.75, 3.05) is 0 Å². The van der Waals surface area contributed by atoms with Crippen molar-refractivity contribution >= 4 is 12.0 Å². The van der Waals surface area contributed by atoms with Gasteiger partial charge in [-0.25, -0.2) is 4.79 Å². The lowest BCUT2D eigenvalue weighted by molar-refractivity contribution is -0.141. The first-order chi connectivity index (χ1) is 9.97. The number of hydrogen-bond donors (Lipinski definition) is 3. The first-order valence-corrected chi connectivity index (χ1v) is 7.34. The average molecular weight is 290 g/mol. The van der Waals surface area contributed by atoms with Crippen molar-refractivity contribution in [3.05, 3.63) is 35.4 Å². The summed E-state index contributed by atoms with van der Waals surface area (Å²) in [6, 6.07) is 7.68. The average Bonchev–Trinajstić information content (AvgIpc) is 2.45. The fourth-order valence-corrected chi connectivity index (χ4v) is 2.59. The molecule has 2 amide bonds. The fraction of sp³-hybridized carbons (Fsp3) is 0.500. The summed E-state index contributed by atoms with van der Waals surface area (Å²) in [5, 5.41) is 14.6. The number of carboxylic acids is 1. The van der Waals surface area contributed by atoms with Crippen molar-refractivity contribution in [2.45, 2.75) is 45.2 Å². The zero-order valence-electron chi connectivity index (χ0n) is 12.4. The van der Waals surface area contributed by atoms with Gasteiger partial charge in [-0.05, 0) is 44.2 Å². The Labute approximate surface area is 124 Å². The maximum Gasteiger partial charge on any atom is 0.315 e. The number of hydrogen-bond acceptors (Lipinski definition) is 2. The smallest absolute Gasteiger partial charge is 0.315 e. The van der Waals surface area contributed by atoms with Crippen molar-refractivity contribution in [2.24, 2.45) is 5.92 Å². The van der Waals surface area contributed by atoms with E-state index >= 15 is 0 Å². The highest BCUT2D eigenvalue weighted by Gasteiger charge is 2.23. The topological polar surface area (TPSA) is 78.4 Å². The summed E-state index contributed by atoms with van der Waals surface area (Å²) in [5.74, 6) is -1.52. The van der Waals surface area contributed by atoms with Gasteiger partial charge in [0.1, 0.15) is 0 Å². The Morgan fingerprint density at radius 2 is 1.90 bits per heavy atom. The summed E-state index contributed by atoms with van der Waals surface area (Å²) in [4.78, 5) is 22.8. The molecule has 0 radical (unpaired) electrons. The van der Waals surface area contributed by atoms with Gasteiger partial charge in [0, 0.05) is 12.1 Å². The zero-order valence-corrected chi connectivity index (χ0v) is 12.4. The molecule has 1 aromatic rings. The predicted octanol–water partition coefficient (Wildman–Crippen LogP) is 1.95. The summed E-state index contributed by atoms with van der Waals surface area (Å²) >= 11 is 0. The maximum atomic E-state index is 11.9. The third-order valence-corrected chi connectivity index (χ3v) is 4.18. The van der Waals surface area contributed by atoms with E-state index in [1.807, 2.05) is 12.1 Å². The van der Waals surface area contributed by atoms with Gasteiger partial charge in [-0.2, -0.15) is 0 Å². The number of benzene rings is 1. The second-order valence-corrected chi connectivity index (χ2v) is 5.74. The highest BCUT2D eigenvalue weighted by atomic mass is 16.4. The quantitative estimate of drug-likeness (QED) is 0.793. The Kier molecular flexibility index (Phi) is 4.83. The molecule has 0 heterocycles. The Morgan fingerprint density at radius 1 is 1.24 bits per heavy atom. The van der Waals surface area contributed by atoms with Crippen LogP contribution in [-0.4, -0.2) is 29.2 Å². The van der Waals surface area contributed by atoms with E-state index < -0.39 is 17.9 Å². The summed E-state index contributed by atoms with van der Waals surface area (Å²) in [7, 11) is 0. The number of nitrogens with one attached hydrogen (secondary N) is 2. The molecule has 0 aromatic heterocycles. The van der Waals surface area contributed by atoms with Crippen LogP contribution in [0.25, 0.3) is 0 Å². The minimum Gasteiger partial charge on any atom is -0.481 e. The van der Waals surface area contributed by atoms with Crippen molar-refractivity contribution in [1.82, 2.24) is 10.6 Å². The minimum absolute atomic E-state index is 0.104. The molecule has 114 valence electrons. The number of aliphatic carboxylic acids is 1. The molecule has 1 aromatic carbocycles. The molecule has 2 rings (SSSR count). The Hall–Kier alpha value is -2.04. The number of carbonyl (C=O) groups is 2. The van der Waals surface area contributed by atoms with E-state index in [0.717, 1.165) is 19.3 Å². The van der Waals surface area contributed by atoms with Crippen molar-refractivity contribution < 1.29 is 14.7 Å². The van der Waals surface area contributed by atoms with Crippen molar-refractivity contribution in [3.63, 3.8) is 0 Å². The molecule has 1 aliphatic rings. The molecule has 0 saturated heterocycles. The molecule has 5 heteroatoms. The van der Waals surface area contributed by atoms with Gasteiger partial charge in [0.15, 0.2) is 0 Å². The summed E-state index contributed by atoms with van der Waals surface area (Å²) in [6.07, 6.45) is 2.70. The van der Waals surface area contributed by atoms with Gasteiger partial charge in [-0.3, -0.25) is 4.79 Å². The Morgan fingerprint density at radius 3 is 2.57 bits per heavy atom. The monoisotopic (exact) mass is 290 g/mol. The second-order valence-electron chi connectivity index (χ2n) is 5.74. The third-order valence-electron chi connectivity index (χ3n) is 4.18. The number of carboxylic acid groups (broad SMARTS) is 1. The van der Waals surface area contributed by atoms with Gasteiger partial charge < -0.3 is 15.7 Å². The lowest BCUT2D eigenvalue weighted by atomic mass is 9.88. The lowest BCUT2D eigenvalue weighted by Gasteiger charge is -2.26. The Bertz CT molecular complexity index is 530. The van der Waals surface area contributed by atoms with Crippen LogP contribution in [0.3, 0.4) is 0 Å². The predicted molar refractivity (Wildman–Crippen MR) is 80.2 cm³/mol. The largest absolute Gasteiger partial charge is 0.481 e. The van der Waals surface area contributed by atoms with Crippen LogP contribution in [0, 0.1) is 5.92 Å². The van der Waals surface area contributed by atoms with E-state index in [4.69, 9.17) is 5.11 Å². The standard InChI is InChI=1S/C16H22N2O3/c1-10(15(19)20)11(2)17-16(21)18-14-8-7-12-5-3-4-6-13(12)9-14/h3-6,10-11,14H,7-9H2,1-2H3,(H,19,20)(H2,17,18,21). The van der Waals surface area contributed by atoms with Crippen LogP contribution in [-0.2, 0) is 17.6 Å². The van der Waals surface area contributed by atoms with E-state index in [0.29, 0.717) is 0 Å². The molecule has 5 nitrogen and oxygen atoms in total. The van der Waals surface area contributed by atoms with E-state index in [1.54, 1.807) is 13.8 Å². The molecule has 0 fully saturated rings. The molecule has 0 spiro atoms. The molecule has 0 aliphatic heterocycles. The van der Waals surface area contributed by atoms with Gasteiger partial charge >= 0.3 is 12.0 Å². The van der Waals surface area contributed by atoms with Crippen LogP contribution in [0.1, 0.15) is 31.4 Å². The van der Waals surface area contributed by atoms with Crippen LogP contribution in [0.15, 0.2) is 24.3 Å². The van der Waals surface area contributed by atoms with Crippen LogP contribution >= 0.6 is 0 Å². The summed E-state index contributed by atoms with van der Waals surface area (Å²) in [5.41, 5.74) is 2.63. The molecule has 0 bridgehead atoms. The van der Waals surface area contributed by atoms with Gasteiger partial charge in [0.05, 0.1) is 5.92 Å². The molecule has 3 atom stereocenters. The van der Waals surface area contributed by atoms with E-state index in [-0.39, 0.29) is 12.1 Å².